The van der Waals surface area contributed by atoms with Crippen molar-refractivity contribution in [2.45, 2.75) is 20.0 Å². The molecule has 0 fully saturated rings. The molecule has 1 amide bonds. The van der Waals surface area contributed by atoms with Crippen molar-refractivity contribution < 1.29 is 18.7 Å². The van der Waals surface area contributed by atoms with Crippen LogP contribution >= 0.6 is 11.6 Å². The van der Waals surface area contributed by atoms with Crippen molar-refractivity contribution in [2.24, 2.45) is 0 Å². The zero-order valence-electron chi connectivity index (χ0n) is 16.9. The lowest BCUT2D eigenvalue weighted by molar-refractivity contribution is -0.124. The molecule has 4 aromatic rings. The average Bonchev–Trinajstić information content (AvgIpc) is 3.07. The van der Waals surface area contributed by atoms with Gasteiger partial charge in [-0.3, -0.25) is 4.79 Å². The molecule has 0 radical (unpaired) electrons. The summed E-state index contributed by atoms with van der Waals surface area (Å²) < 4.78 is 30.9. The molecule has 32 heavy (non-hydrogen) atoms. The van der Waals surface area contributed by atoms with Crippen LogP contribution in [0.5, 0.6) is 0 Å². The summed E-state index contributed by atoms with van der Waals surface area (Å²) in [6, 6.07) is 8.38. The fraction of sp³-hybridized carbons (Fsp3) is 0.143. The van der Waals surface area contributed by atoms with Crippen LogP contribution in [-0.2, 0) is 4.79 Å². The minimum absolute atomic E-state index is 0.0648. The van der Waals surface area contributed by atoms with Crippen LogP contribution in [-0.4, -0.2) is 30.8 Å². The zero-order valence-corrected chi connectivity index (χ0v) is 17.7. The monoisotopic (exact) mass is 458 g/mol. The number of amides is 1. The number of fused-ring (bicyclic) bond motifs is 1. The topological polar surface area (TPSA) is 119 Å². The Morgan fingerprint density at radius 1 is 1.19 bits per heavy atom. The number of nitrogens with two attached hydrogens (primary N) is 1. The van der Waals surface area contributed by atoms with Crippen LogP contribution in [0.2, 0.25) is 5.02 Å². The summed E-state index contributed by atoms with van der Waals surface area (Å²) in [4.78, 5) is 20.7. The fourth-order valence-electron chi connectivity index (χ4n) is 3.30. The first-order chi connectivity index (χ1) is 15.2. The van der Waals surface area contributed by atoms with E-state index in [0.29, 0.717) is 22.1 Å². The van der Waals surface area contributed by atoms with Gasteiger partial charge in [-0.05, 0) is 43.7 Å². The van der Waals surface area contributed by atoms with E-state index in [1.54, 1.807) is 26.0 Å². The lowest BCUT2D eigenvalue weighted by Gasteiger charge is -2.14. The molecule has 4 rings (SSSR count). The van der Waals surface area contributed by atoms with E-state index in [1.807, 2.05) is 0 Å². The lowest BCUT2D eigenvalue weighted by atomic mass is 10.1. The first-order valence-corrected chi connectivity index (χ1v) is 9.77. The molecule has 4 N–H and O–H groups in total. The molecule has 0 unspecified atom stereocenters. The van der Waals surface area contributed by atoms with E-state index in [4.69, 9.17) is 17.3 Å². The Morgan fingerprint density at radius 2 is 1.94 bits per heavy atom. The number of aliphatic hydroxyl groups excluding tert-OH is 1. The van der Waals surface area contributed by atoms with Gasteiger partial charge < -0.3 is 16.2 Å². The maximum absolute atomic E-state index is 15.0. The number of nitrogen functional groups attached to an aromatic ring is 1. The Balaban J connectivity index is 1.69. The smallest absolute Gasteiger partial charge is 0.257 e. The number of nitrogens with zero attached hydrogens (tertiary/aromatic N) is 4. The maximum atomic E-state index is 15.0. The molecule has 0 spiro atoms. The highest BCUT2D eigenvalue weighted by atomic mass is 35.5. The number of halogens is 3. The number of aliphatic hydroxyl groups is 1. The fourth-order valence-corrected chi connectivity index (χ4v) is 3.50. The van der Waals surface area contributed by atoms with Crippen LogP contribution in [0.15, 0.2) is 36.4 Å². The summed E-state index contributed by atoms with van der Waals surface area (Å²) in [7, 11) is 0. The Kier molecular flexibility index (Phi) is 5.49. The van der Waals surface area contributed by atoms with Crippen molar-refractivity contribution in [2.75, 3.05) is 11.1 Å². The quantitative estimate of drug-likeness (QED) is 0.430. The molecule has 0 saturated carbocycles. The van der Waals surface area contributed by atoms with Gasteiger partial charge in [-0.15, -0.1) is 0 Å². The van der Waals surface area contributed by atoms with Crippen molar-refractivity contribution in [3.8, 4) is 5.69 Å². The summed E-state index contributed by atoms with van der Waals surface area (Å²) in [5, 5.41) is 16.9. The van der Waals surface area contributed by atoms with Crippen molar-refractivity contribution in [1.82, 2.24) is 19.7 Å². The van der Waals surface area contributed by atoms with Crippen molar-refractivity contribution in [3.05, 3.63) is 70.1 Å². The Labute approximate surface area is 185 Å². The predicted molar refractivity (Wildman–Crippen MR) is 116 cm³/mol. The van der Waals surface area contributed by atoms with Crippen LogP contribution < -0.4 is 11.1 Å². The standard InChI is InChI=1S/C21H17ClF2N6O2/c1-9-17-18(20(25)27-10(2)26-17)30(29-9)14-7-6-13(15(23)16(14)24)28-21(32)19(31)11-4-3-5-12(22)8-11/h3-8,19,31H,1-2H3,(H,28,32)(H2,25,26,27)/t19-/m1/s1. The second-order valence-electron chi connectivity index (χ2n) is 7.06. The Bertz CT molecular complexity index is 1370. The number of carbonyl (C=O) groups excluding carboxylic acids is 1. The zero-order chi connectivity index (χ0) is 23.2. The lowest BCUT2D eigenvalue weighted by Crippen LogP contribution is -2.22. The van der Waals surface area contributed by atoms with Gasteiger partial charge in [-0.1, -0.05) is 23.7 Å². The van der Waals surface area contributed by atoms with E-state index in [9.17, 15) is 18.7 Å². The third kappa shape index (κ3) is 3.74. The third-order valence-corrected chi connectivity index (χ3v) is 5.02. The molecule has 2 heterocycles. The number of aromatic nitrogens is 4. The Hall–Kier alpha value is -3.63. The number of hydrogen-bond donors (Lipinski definition) is 3. The number of hydrogen-bond acceptors (Lipinski definition) is 6. The summed E-state index contributed by atoms with van der Waals surface area (Å²) >= 11 is 5.86. The van der Waals surface area contributed by atoms with Gasteiger partial charge in [-0.2, -0.15) is 5.10 Å². The number of aryl methyl sites for hydroxylation is 2. The SMILES string of the molecule is Cc1nc(N)c2c(n1)c(C)nn2-c1ccc(NC(=O)[C@H](O)c2cccc(Cl)c2)c(F)c1F. The van der Waals surface area contributed by atoms with Gasteiger partial charge in [0.15, 0.2) is 23.6 Å². The average molecular weight is 459 g/mol. The molecular formula is C21H17ClF2N6O2. The highest BCUT2D eigenvalue weighted by molar-refractivity contribution is 6.30. The van der Waals surface area contributed by atoms with E-state index < -0.39 is 29.3 Å². The van der Waals surface area contributed by atoms with Gasteiger partial charge in [0.25, 0.3) is 5.91 Å². The summed E-state index contributed by atoms with van der Waals surface area (Å²) in [5.74, 6) is -3.08. The highest BCUT2D eigenvalue weighted by Crippen LogP contribution is 2.29. The van der Waals surface area contributed by atoms with E-state index in [1.165, 1.54) is 18.2 Å². The van der Waals surface area contributed by atoms with Gasteiger partial charge in [0.2, 0.25) is 0 Å². The van der Waals surface area contributed by atoms with Crippen LogP contribution in [0.3, 0.4) is 0 Å². The Morgan fingerprint density at radius 3 is 2.66 bits per heavy atom. The highest BCUT2D eigenvalue weighted by Gasteiger charge is 2.24. The number of benzene rings is 2. The van der Waals surface area contributed by atoms with Crippen LogP contribution in [0, 0.1) is 25.5 Å². The minimum Gasteiger partial charge on any atom is -0.382 e. The predicted octanol–water partition coefficient (Wildman–Crippen LogP) is 3.62. The molecule has 164 valence electrons. The van der Waals surface area contributed by atoms with Crippen LogP contribution in [0.1, 0.15) is 23.2 Å². The van der Waals surface area contributed by atoms with E-state index in [0.717, 1.165) is 10.7 Å². The van der Waals surface area contributed by atoms with Gasteiger partial charge in [0.05, 0.1) is 11.4 Å². The molecule has 0 aliphatic carbocycles. The molecule has 8 nitrogen and oxygen atoms in total. The second kappa shape index (κ2) is 8.13. The minimum atomic E-state index is -1.63. The van der Waals surface area contributed by atoms with Crippen molar-refractivity contribution >= 4 is 40.0 Å². The van der Waals surface area contributed by atoms with E-state index >= 15 is 0 Å². The molecule has 2 aromatic heterocycles. The molecule has 2 aromatic carbocycles. The van der Waals surface area contributed by atoms with E-state index in [2.05, 4.69) is 20.4 Å². The number of nitrogens with one attached hydrogen (secondary N) is 1. The van der Waals surface area contributed by atoms with Crippen molar-refractivity contribution in [3.63, 3.8) is 0 Å². The third-order valence-electron chi connectivity index (χ3n) is 4.79. The van der Waals surface area contributed by atoms with Crippen LogP contribution in [0.4, 0.5) is 20.3 Å². The molecule has 11 heteroatoms. The second-order valence-corrected chi connectivity index (χ2v) is 7.49. The van der Waals surface area contributed by atoms with Gasteiger partial charge in [-0.25, -0.2) is 23.4 Å². The number of carbonyl (C=O) groups is 1. The molecule has 0 bridgehead atoms. The molecule has 1 atom stereocenters. The van der Waals surface area contributed by atoms with Crippen molar-refractivity contribution in [1.29, 1.82) is 0 Å². The van der Waals surface area contributed by atoms with Gasteiger partial charge in [0.1, 0.15) is 22.5 Å². The molecule has 0 aliphatic rings. The van der Waals surface area contributed by atoms with Gasteiger partial charge in [0, 0.05) is 5.02 Å². The summed E-state index contributed by atoms with van der Waals surface area (Å²) in [5.41, 5.74) is 6.59. The normalized spacial score (nSPS) is 12.2. The maximum Gasteiger partial charge on any atom is 0.257 e. The van der Waals surface area contributed by atoms with E-state index in [-0.39, 0.29) is 22.6 Å². The van der Waals surface area contributed by atoms with Crippen LogP contribution in [0.25, 0.3) is 16.7 Å². The van der Waals surface area contributed by atoms with Gasteiger partial charge >= 0.3 is 0 Å². The number of anilines is 2. The summed E-state index contributed by atoms with van der Waals surface area (Å²) in [6.45, 7) is 3.31. The first-order valence-electron chi connectivity index (χ1n) is 9.39. The number of rotatable bonds is 4. The molecular weight excluding hydrogens is 442 g/mol. The first kappa shape index (κ1) is 21.6. The molecule has 0 aliphatic heterocycles. The summed E-state index contributed by atoms with van der Waals surface area (Å²) in [6.07, 6.45) is -1.63. The molecule has 0 saturated heterocycles. The largest absolute Gasteiger partial charge is 0.382 e.